The molecule has 0 amide bonds. The Bertz CT molecular complexity index is 460. The van der Waals surface area contributed by atoms with Gasteiger partial charge >= 0.3 is 0 Å². The average molecular weight is 267 g/mol. The van der Waals surface area contributed by atoms with Crippen LogP contribution in [0.4, 0.5) is 0 Å². The van der Waals surface area contributed by atoms with Crippen LogP contribution in [0.3, 0.4) is 0 Å². The maximum Gasteiger partial charge on any atom is 0.162 e. The molecule has 0 radical (unpaired) electrons. The summed E-state index contributed by atoms with van der Waals surface area (Å²) in [6, 6.07) is 6.21. The number of ether oxygens (including phenoxy) is 2. The Morgan fingerprint density at radius 3 is 2.78 bits per heavy atom. The Hall–Kier alpha value is -1.07. The smallest absolute Gasteiger partial charge is 0.162 e. The SMILES string of the molecule is O=S(CCNC1CC1)c1ccc2c(c1)OCCO2. The molecular formula is C13H17NO3S. The summed E-state index contributed by atoms with van der Waals surface area (Å²) >= 11 is 0. The molecule has 1 aliphatic carbocycles. The highest BCUT2D eigenvalue weighted by molar-refractivity contribution is 7.85. The summed E-state index contributed by atoms with van der Waals surface area (Å²) in [7, 11) is -0.968. The van der Waals surface area contributed by atoms with E-state index in [-0.39, 0.29) is 0 Å². The molecule has 0 aromatic heterocycles. The first-order valence-corrected chi connectivity index (χ1v) is 7.66. The molecular weight excluding hydrogens is 250 g/mol. The Morgan fingerprint density at radius 1 is 1.22 bits per heavy atom. The van der Waals surface area contributed by atoms with E-state index < -0.39 is 10.8 Å². The van der Waals surface area contributed by atoms with Gasteiger partial charge in [0.1, 0.15) is 13.2 Å². The normalized spacial score (nSPS) is 19.6. The number of hydrogen-bond donors (Lipinski definition) is 1. The zero-order chi connectivity index (χ0) is 12.4. The molecule has 5 heteroatoms. The number of hydrogen-bond acceptors (Lipinski definition) is 4. The maximum absolute atomic E-state index is 12.1. The molecule has 1 atom stereocenters. The molecule has 0 spiro atoms. The van der Waals surface area contributed by atoms with Crippen LogP contribution < -0.4 is 14.8 Å². The minimum Gasteiger partial charge on any atom is -0.486 e. The van der Waals surface area contributed by atoms with Crippen LogP contribution in [0.15, 0.2) is 23.1 Å². The third kappa shape index (κ3) is 2.84. The standard InChI is InChI=1S/C13H17NO3S/c15-18(8-5-14-10-1-2-10)11-3-4-12-13(9-11)17-7-6-16-12/h3-4,9-10,14H,1-2,5-8H2. The molecule has 1 unspecified atom stereocenters. The lowest BCUT2D eigenvalue weighted by Crippen LogP contribution is -2.22. The minimum absolute atomic E-state index is 0.562. The van der Waals surface area contributed by atoms with Gasteiger partial charge in [-0.25, -0.2) is 0 Å². The fourth-order valence-electron chi connectivity index (χ4n) is 1.93. The first-order valence-electron chi connectivity index (χ1n) is 6.34. The molecule has 4 nitrogen and oxygen atoms in total. The third-order valence-corrected chi connectivity index (χ3v) is 4.43. The van der Waals surface area contributed by atoms with Crippen molar-refractivity contribution < 1.29 is 13.7 Å². The van der Waals surface area contributed by atoms with Crippen molar-refractivity contribution >= 4 is 10.8 Å². The molecule has 1 fully saturated rings. The van der Waals surface area contributed by atoms with E-state index in [4.69, 9.17) is 9.47 Å². The number of fused-ring (bicyclic) bond motifs is 1. The highest BCUT2D eigenvalue weighted by Gasteiger charge is 2.20. The Morgan fingerprint density at radius 2 is 2.00 bits per heavy atom. The van der Waals surface area contributed by atoms with E-state index in [0.29, 0.717) is 30.8 Å². The molecule has 0 bridgehead atoms. The van der Waals surface area contributed by atoms with Crippen molar-refractivity contribution in [3.8, 4) is 11.5 Å². The molecule has 1 saturated carbocycles. The van der Waals surface area contributed by atoms with Gasteiger partial charge in [0.2, 0.25) is 0 Å². The van der Waals surface area contributed by atoms with Gasteiger partial charge in [0, 0.05) is 29.3 Å². The van der Waals surface area contributed by atoms with Gasteiger partial charge in [0.15, 0.2) is 11.5 Å². The van der Waals surface area contributed by atoms with Gasteiger partial charge in [0.05, 0.1) is 10.8 Å². The van der Waals surface area contributed by atoms with Crippen molar-refractivity contribution in [3.05, 3.63) is 18.2 Å². The number of rotatable bonds is 5. The minimum atomic E-state index is -0.968. The predicted octanol–water partition coefficient (Wildman–Crippen LogP) is 1.32. The monoisotopic (exact) mass is 267 g/mol. The van der Waals surface area contributed by atoms with E-state index in [2.05, 4.69) is 5.32 Å². The summed E-state index contributed by atoms with van der Waals surface area (Å²) in [6.07, 6.45) is 2.52. The fourth-order valence-corrected chi connectivity index (χ4v) is 2.92. The van der Waals surface area contributed by atoms with Crippen LogP contribution in [0.1, 0.15) is 12.8 Å². The molecule has 98 valence electrons. The van der Waals surface area contributed by atoms with Crippen molar-refractivity contribution in [2.45, 2.75) is 23.8 Å². The largest absolute Gasteiger partial charge is 0.486 e. The predicted molar refractivity (Wildman–Crippen MR) is 69.7 cm³/mol. The van der Waals surface area contributed by atoms with Crippen LogP contribution in [-0.2, 0) is 10.8 Å². The van der Waals surface area contributed by atoms with Gasteiger partial charge < -0.3 is 14.8 Å². The molecule has 1 heterocycles. The van der Waals surface area contributed by atoms with Crippen LogP contribution in [0.25, 0.3) is 0 Å². The molecule has 1 aromatic rings. The van der Waals surface area contributed by atoms with E-state index in [0.717, 1.165) is 17.2 Å². The van der Waals surface area contributed by atoms with Crippen molar-refractivity contribution in [2.75, 3.05) is 25.5 Å². The summed E-state index contributed by atoms with van der Waals surface area (Å²) in [4.78, 5) is 0.817. The van der Waals surface area contributed by atoms with Gasteiger partial charge in [-0.3, -0.25) is 4.21 Å². The summed E-state index contributed by atoms with van der Waals surface area (Å²) in [5.74, 6) is 2.11. The lowest BCUT2D eigenvalue weighted by Gasteiger charge is -2.18. The van der Waals surface area contributed by atoms with Gasteiger partial charge in [0.25, 0.3) is 0 Å². The van der Waals surface area contributed by atoms with E-state index in [1.54, 1.807) is 0 Å². The summed E-state index contributed by atoms with van der Waals surface area (Å²) in [5, 5.41) is 3.37. The average Bonchev–Trinajstić information content (AvgIpc) is 3.22. The summed E-state index contributed by atoms with van der Waals surface area (Å²) < 4.78 is 23.0. The highest BCUT2D eigenvalue weighted by atomic mass is 32.2. The van der Waals surface area contributed by atoms with Crippen molar-refractivity contribution in [3.63, 3.8) is 0 Å². The molecule has 2 aliphatic rings. The molecule has 1 aromatic carbocycles. The summed E-state index contributed by atoms with van der Waals surface area (Å²) in [6.45, 7) is 1.96. The van der Waals surface area contributed by atoms with Crippen LogP contribution in [-0.4, -0.2) is 35.8 Å². The zero-order valence-corrected chi connectivity index (χ0v) is 11.0. The van der Waals surface area contributed by atoms with E-state index in [1.165, 1.54) is 12.8 Å². The van der Waals surface area contributed by atoms with Gasteiger partial charge in [-0.05, 0) is 25.0 Å². The second kappa shape index (κ2) is 5.28. The molecule has 3 rings (SSSR count). The first-order chi connectivity index (χ1) is 8.83. The quantitative estimate of drug-likeness (QED) is 0.874. The van der Waals surface area contributed by atoms with Gasteiger partial charge in [-0.2, -0.15) is 0 Å². The number of nitrogens with one attached hydrogen (secondary N) is 1. The number of benzene rings is 1. The highest BCUT2D eigenvalue weighted by Crippen LogP contribution is 2.31. The van der Waals surface area contributed by atoms with Crippen molar-refractivity contribution in [2.24, 2.45) is 0 Å². The first kappa shape index (κ1) is 12.0. The van der Waals surface area contributed by atoms with E-state index in [1.807, 2.05) is 18.2 Å². The molecule has 1 aliphatic heterocycles. The van der Waals surface area contributed by atoms with Crippen LogP contribution >= 0.6 is 0 Å². The zero-order valence-electron chi connectivity index (χ0n) is 10.2. The maximum atomic E-state index is 12.1. The second-order valence-electron chi connectivity index (χ2n) is 4.58. The Balaban J connectivity index is 1.61. The van der Waals surface area contributed by atoms with Crippen LogP contribution in [0.5, 0.6) is 11.5 Å². The Kier molecular flexibility index (Phi) is 3.52. The van der Waals surface area contributed by atoms with E-state index in [9.17, 15) is 4.21 Å². The third-order valence-electron chi connectivity index (χ3n) is 3.07. The molecule has 18 heavy (non-hydrogen) atoms. The Labute approximate surface area is 109 Å². The lowest BCUT2D eigenvalue weighted by molar-refractivity contribution is 0.171. The summed E-state index contributed by atoms with van der Waals surface area (Å²) in [5.41, 5.74) is 0. The van der Waals surface area contributed by atoms with Crippen LogP contribution in [0.2, 0.25) is 0 Å². The molecule has 0 saturated heterocycles. The second-order valence-corrected chi connectivity index (χ2v) is 6.15. The van der Waals surface area contributed by atoms with Gasteiger partial charge in [-0.15, -0.1) is 0 Å². The fraction of sp³-hybridized carbons (Fsp3) is 0.538. The van der Waals surface area contributed by atoms with Crippen LogP contribution in [0, 0.1) is 0 Å². The van der Waals surface area contributed by atoms with Crippen molar-refractivity contribution in [1.82, 2.24) is 5.32 Å². The van der Waals surface area contributed by atoms with Crippen molar-refractivity contribution in [1.29, 1.82) is 0 Å². The lowest BCUT2D eigenvalue weighted by atomic mass is 10.3. The topological polar surface area (TPSA) is 47.6 Å². The molecule has 1 N–H and O–H groups in total. The van der Waals surface area contributed by atoms with Gasteiger partial charge in [-0.1, -0.05) is 0 Å². The van der Waals surface area contributed by atoms with E-state index >= 15 is 0 Å².